The van der Waals surface area contributed by atoms with E-state index in [4.69, 9.17) is 0 Å². The molecule has 0 amide bonds. The van der Waals surface area contributed by atoms with Crippen LogP contribution in [0.2, 0.25) is 0 Å². The Morgan fingerprint density at radius 3 is 2.85 bits per heavy atom. The molecule has 0 atom stereocenters. The molecule has 0 radical (unpaired) electrons. The number of aryl methyl sites for hydroxylation is 1. The van der Waals surface area contributed by atoms with E-state index in [2.05, 4.69) is 25.9 Å². The smallest absolute Gasteiger partial charge is 0.337 e. The number of aromatic amines is 1. The zero-order valence-corrected chi connectivity index (χ0v) is 12.2. The molecule has 0 aliphatic rings. The second-order valence-corrected chi connectivity index (χ2v) is 5.43. The third-order valence-corrected chi connectivity index (χ3v) is 3.81. The largest absolute Gasteiger partial charge is 0.478 e. The maximum absolute atomic E-state index is 11.2. The molecule has 3 aromatic rings. The van der Waals surface area contributed by atoms with Gasteiger partial charge in [-0.2, -0.15) is 0 Å². The van der Waals surface area contributed by atoms with E-state index in [1.165, 1.54) is 0 Å². The fourth-order valence-corrected chi connectivity index (χ4v) is 2.59. The van der Waals surface area contributed by atoms with E-state index < -0.39 is 5.97 Å². The van der Waals surface area contributed by atoms with E-state index in [-0.39, 0.29) is 5.56 Å². The number of nitrogens with one attached hydrogen (secondary N) is 1. The molecule has 0 fully saturated rings. The van der Waals surface area contributed by atoms with Crippen molar-refractivity contribution in [1.29, 1.82) is 0 Å². The van der Waals surface area contributed by atoms with Crippen LogP contribution in [0.5, 0.6) is 0 Å². The minimum atomic E-state index is -0.975. The topological polar surface area (TPSA) is 66.0 Å². The molecule has 20 heavy (non-hydrogen) atoms. The number of hydrogen-bond donors (Lipinski definition) is 2. The maximum Gasteiger partial charge on any atom is 0.337 e. The van der Waals surface area contributed by atoms with Gasteiger partial charge in [-0.3, -0.25) is 0 Å². The highest BCUT2D eigenvalue weighted by atomic mass is 79.9. The van der Waals surface area contributed by atoms with Crippen molar-refractivity contribution in [3.05, 3.63) is 52.0 Å². The van der Waals surface area contributed by atoms with E-state index in [0.29, 0.717) is 16.9 Å². The van der Waals surface area contributed by atoms with Gasteiger partial charge in [-0.1, -0.05) is 33.6 Å². The van der Waals surface area contributed by atoms with Gasteiger partial charge in [-0.05, 0) is 31.2 Å². The average Bonchev–Trinajstić information content (AvgIpc) is 2.84. The van der Waals surface area contributed by atoms with Crippen LogP contribution in [0, 0.1) is 6.92 Å². The number of H-pyrrole nitrogens is 1. The first kappa shape index (κ1) is 12.9. The molecule has 1 heterocycles. The van der Waals surface area contributed by atoms with Crippen LogP contribution in [0.1, 0.15) is 15.9 Å². The molecule has 0 saturated carbocycles. The van der Waals surface area contributed by atoms with Gasteiger partial charge in [-0.15, -0.1) is 0 Å². The van der Waals surface area contributed by atoms with Crippen molar-refractivity contribution in [2.75, 3.05) is 0 Å². The lowest BCUT2D eigenvalue weighted by Gasteiger charge is -2.02. The number of nitrogens with zero attached hydrogens (tertiary/aromatic N) is 1. The molecule has 4 nitrogen and oxygen atoms in total. The molecule has 100 valence electrons. The summed E-state index contributed by atoms with van der Waals surface area (Å²) in [6.45, 7) is 2.00. The molecule has 0 bridgehead atoms. The number of aromatic nitrogens is 2. The number of fused-ring (bicyclic) bond motifs is 1. The lowest BCUT2D eigenvalue weighted by molar-refractivity contribution is 0.0699. The predicted octanol–water partition coefficient (Wildman–Crippen LogP) is 4.00. The van der Waals surface area contributed by atoms with Crippen molar-refractivity contribution < 1.29 is 9.90 Å². The van der Waals surface area contributed by atoms with E-state index in [9.17, 15) is 9.90 Å². The van der Waals surface area contributed by atoms with Crippen LogP contribution in [-0.2, 0) is 0 Å². The first-order valence-electron chi connectivity index (χ1n) is 6.05. The Balaban J connectivity index is 2.26. The summed E-state index contributed by atoms with van der Waals surface area (Å²) >= 11 is 3.50. The summed E-state index contributed by atoms with van der Waals surface area (Å²) in [5.74, 6) is -0.318. The van der Waals surface area contributed by atoms with Gasteiger partial charge in [0.05, 0.1) is 11.1 Å². The van der Waals surface area contributed by atoms with Crippen molar-refractivity contribution in [1.82, 2.24) is 9.97 Å². The number of carboxylic acid groups (broad SMARTS) is 1. The Labute approximate surface area is 123 Å². The zero-order valence-electron chi connectivity index (χ0n) is 10.6. The van der Waals surface area contributed by atoms with Crippen molar-refractivity contribution in [2.45, 2.75) is 6.92 Å². The number of aromatic carboxylic acids is 1. The number of rotatable bonds is 2. The van der Waals surface area contributed by atoms with Crippen molar-refractivity contribution in [3.8, 4) is 11.4 Å². The van der Waals surface area contributed by atoms with Crippen molar-refractivity contribution in [2.24, 2.45) is 0 Å². The van der Waals surface area contributed by atoms with Gasteiger partial charge in [-0.25, -0.2) is 9.78 Å². The molecule has 1 aromatic heterocycles. The van der Waals surface area contributed by atoms with Crippen LogP contribution in [0.3, 0.4) is 0 Å². The van der Waals surface area contributed by atoms with E-state index in [1.807, 2.05) is 31.2 Å². The second kappa shape index (κ2) is 4.76. The molecule has 0 aliphatic carbocycles. The summed E-state index contributed by atoms with van der Waals surface area (Å²) in [7, 11) is 0. The zero-order chi connectivity index (χ0) is 14.3. The minimum absolute atomic E-state index is 0.203. The van der Waals surface area contributed by atoms with Gasteiger partial charge in [0.1, 0.15) is 11.3 Å². The molecular formula is C15H11BrN2O2. The molecule has 0 aliphatic heterocycles. The lowest BCUT2D eigenvalue weighted by Crippen LogP contribution is -1.96. The summed E-state index contributed by atoms with van der Waals surface area (Å²) in [5, 5.41) is 9.20. The fraction of sp³-hybridized carbons (Fsp3) is 0.0667. The molecule has 0 spiro atoms. The van der Waals surface area contributed by atoms with Crippen LogP contribution in [0.15, 0.2) is 40.9 Å². The summed E-state index contributed by atoms with van der Waals surface area (Å²) in [4.78, 5) is 18.8. The number of hydrogen-bond acceptors (Lipinski definition) is 2. The Hall–Kier alpha value is -2.14. The highest BCUT2D eigenvalue weighted by Gasteiger charge is 2.14. The molecule has 0 saturated heterocycles. The Morgan fingerprint density at radius 2 is 2.10 bits per heavy atom. The van der Waals surface area contributed by atoms with Gasteiger partial charge in [0.25, 0.3) is 0 Å². The van der Waals surface area contributed by atoms with Gasteiger partial charge in [0, 0.05) is 10.0 Å². The highest BCUT2D eigenvalue weighted by Crippen LogP contribution is 2.29. The number of carboxylic acids is 1. The fourth-order valence-electron chi connectivity index (χ4n) is 2.15. The first-order valence-corrected chi connectivity index (χ1v) is 6.84. The maximum atomic E-state index is 11.2. The van der Waals surface area contributed by atoms with Crippen LogP contribution < -0.4 is 0 Å². The Morgan fingerprint density at radius 1 is 1.30 bits per heavy atom. The molecule has 0 unspecified atom stereocenters. The van der Waals surface area contributed by atoms with Gasteiger partial charge in [0.15, 0.2) is 0 Å². The second-order valence-electron chi connectivity index (χ2n) is 4.58. The van der Waals surface area contributed by atoms with Crippen LogP contribution in [0.4, 0.5) is 0 Å². The molecular weight excluding hydrogens is 320 g/mol. The Kier molecular flexibility index (Phi) is 3.06. The van der Waals surface area contributed by atoms with Crippen LogP contribution in [0.25, 0.3) is 22.4 Å². The lowest BCUT2D eigenvalue weighted by atomic mass is 10.1. The van der Waals surface area contributed by atoms with Crippen molar-refractivity contribution in [3.63, 3.8) is 0 Å². The summed E-state index contributed by atoms with van der Waals surface area (Å²) < 4.78 is 0.916. The summed E-state index contributed by atoms with van der Waals surface area (Å²) in [5.41, 5.74) is 3.42. The predicted molar refractivity (Wildman–Crippen MR) is 80.9 cm³/mol. The first-order chi connectivity index (χ1) is 9.56. The molecule has 3 rings (SSSR count). The van der Waals surface area contributed by atoms with Crippen LogP contribution in [-0.4, -0.2) is 21.0 Å². The summed E-state index contributed by atoms with van der Waals surface area (Å²) in [6.07, 6.45) is 0. The third-order valence-electron chi connectivity index (χ3n) is 3.12. The minimum Gasteiger partial charge on any atom is -0.478 e. The van der Waals surface area contributed by atoms with E-state index in [1.54, 1.807) is 12.1 Å². The van der Waals surface area contributed by atoms with E-state index >= 15 is 0 Å². The number of imidazole rings is 1. The Bertz CT molecular complexity index is 824. The SMILES string of the molecule is Cc1ccc(Br)c(-c2nc3c(C(=O)O)cccc3[nH]2)c1. The number of halogens is 1. The normalized spacial score (nSPS) is 10.9. The standard InChI is InChI=1S/C15H11BrN2O2/c1-8-5-6-11(16)10(7-8)14-17-12-4-2-3-9(15(19)20)13(12)18-14/h2-7H,1H3,(H,17,18)(H,19,20). The van der Waals surface area contributed by atoms with Gasteiger partial charge in [0.2, 0.25) is 0 Å². The number of para-hydroxylation sites is 1. The average molecular weight is 331 g/mol. The molecule has 5 heteroatoms. The summed E-state index contributed by atoms with van der Waals surface area (Å²) in [6, 6.07) is 11.0. The van der Waals surface area contributed by atoms with Gasteiger partial charge < -0.3 is 10.1 Å². The highest BCUT2D eigenvalue weighted by molar-refractivity contribution is 9.10. The van der Waals surface area contributed by atoms with Crippen LogP contribution >= 0.6 is 15.9 Å². The van der Waals surface area contributed by atoms with Gasteiger partial charge >= 0.3 is 5.97 Å². The van der Waals surface area contributed by atoms with Crippen molar-refractivity contribution >= 4 is 32.9 Å². The molecule has 2 aromatic carbocycles. The quantitative estimate of drug-likeness (QED) is 0.746. The number of carbonyl (C=O) groups is 1. The third kappa shape index (κ3) is 2.10. The monoisotopic (exact) mass is 330 g/mol. The van der Waals surface area contributed by atoms with E-state index in [0.717, 1.165) is 15.6 Å². The molecule has 2 N–H and O–H groups in total. The number of benzene rings is 2.